The molecule has 37 heavy (non-hydrogen) atoms. The molecular weight excluding hydrogens is 493 g/mol. The van der Waals surface area contributed by atoms with E-state index in [1.165, 1.54) is 19.4 Å². The molecule has 0 radical (unpaired) electrons. The van der Waals surface area contributed by atoms with Gasteiger partial charge in [0.1, 0.15) is 5.82 Å². The number of nitrogens with one attached hydrogen (secondary N) is 1. The molecule has 0 atom stereocenters. The molecule has 9 heteroatoms. The number of rotatable bonds is 4. The van der Waals surface area contributed by atoms with Crippen LogP contribution in [0.1, 0.15) is 18.4 Å². The number of nitrogens with two attached hydrogens (primary N) is 1. The Balaban J connectivity index is 1.70. The van der Waals surface area contributed by atoms with Crippen molar-refractivity contribution in [1.82, 2.24) is 9.97 Å². The Bertz CT molecular complexity index is 1470. The molecule has 1 aliphatic rings. The minimum atomic E-state index is -0.635. The van der Waals surface area contributed by atoms with Crippen molar-refractivity contribution in [2.24, 2.45) is 5.73 Å². The van der Waals surface area contributed by atoms with Crippen LogP contribution in [0.25, 0.3) is 33.2 Å². The number of amides is 1. The lowest BCUT2D eigenvalue weighted by Crippen LogP contribution is -2.40. The van der Waals surface area contributed by atoms with Crippen LogP contribution in [-0.4, -0.2) is 42.3 Å². The summed E-state index contributed by atoms with van der Waals surface area (Å²) >= 11 is 6.67. The number of ether oxygens (including phenoxy) is 1. The van der Waals surface area contributed by atoms with Crippen LogP contribution in [0.2, 0.25) is 5.02 Å². The largest absolute Gasteiger partial charge is 0.453 e. The fourth-order valence-electron chi connectivity index (χ4n) is 4.81. The molecule has 1 amide bonds. The number of carbonyl (C=O) groups is 1. The van der Waals surface area contributed by atoms with Gasteiger partial charge in [0.15, 0.2) is 0 Å². The molecule has 190 valence electrons. The van der Waals surface area contributed by atoms with Crippen molar-refractivity contribution in [3.8, 4) is 22.3 Å². The molecule has 1 fully saturated rings. The van der Waals surface area contributed by atoms with Crippen molar-refractivity contribution in [3.63, 3.8) is 0 Å². The Morgan fingerprint density at radius 3 is 2.62 bits per heavy atom. The van der Waals surface area contributed by atoms with Gasteiger partial charge in [-0.05, 0) is 60.7 Å². The van der Waals surface area contributed by atoms with Crippen molar-refractivity contribution >= 4 is 40.0 Å². The maximum Gasteiger partial charge on any atom is 0.411 e. The van der Waals surface area contributed by atoms with E-state index in [1.807, 2.05) is 37.4 Å². The van der Waals surface area contributed by atoms with Crippen LogP contribution < -0.4 is 16.0 Å². The summed E-state index contributed by atoms with van der Waals surface area (Å²) in [6, 6.07) is 11.1. The lowest BCUT2D eigenvalue weighted by Gasteiger charge is -2.34. The van der Waals surface area contributed by atoms with Gasteiger partial charge >= 0.3 is 6.09 Å². The van der Waals surface area contributed by atoms with Crippen molar-refractivity contribution in [1.29, 1.82) is 0 Å². The van der Waals surface area contributed by atoms with E-state index in [2.05, 4.69) is 19.9 Å². The molecule has 7 nitrogen and oxygen atoms in total. The molecule has 3 N–H and O–H groups in total. The number of hydrogen-bond donors (Lipinski definition) is 2. The van der Waals surface area contributed by atoms with Crippen LogP contribution in [-0.2, 0) is 4.74 Å². The predicted molar refractivity (Wildman–Crippen MR) is 146 cm³/mol. The van der Waals surface area contributed by atoms with E-state index < -0.39 is 6.09 Å². The molecule has 2 aromatic heterocycles. The number of piperidine rings is 1. The van der Waals surface area contributed by atoms with Gasteiger partial charge in [-0.2, -0.15) is 0 Å². The number of methoxy groups -OCH3 is 1. The van der Waals surface area contributed by atoms with Crippen LogP contribution in [0, 0.1) is 12.7 Å². The lowest BCUT2D eigenvalue weighted by molar-refractivity contribution is 0.187. The fraction of sp³-hybridized carbons (Fsp3) is 0.250. The van der Waals surface area contributed by atoms with Crippen molar-refractivity contribution in [3.05, 3.63) is 71.4 Å². The zero-order valence-corrected chi connectivity index (χ0v) is 21.3. The number of benzene rings is 2. The molecule has 0 saturated carbocycles. The van der Waals surface area contributed by atoms with E-state index >= 15 is 0 Å². The van der Waals surface area contributed by atoms with Gasteiger partial charge in [0.05, 0.1) is 35.2 Å². The summed E-state index contributed by atoms with van der Waals surface area (Å²) in [5, 5.41) is 3.85. The molecule has 0 aliphatic carbocycles. The zero-order valence-electron chi connectivity index (χ0n) is 20.6. The minimum Gasteiger partial charge on any atom is -0.453 e. The van der Waals surface area contributed by atoms with Crippen LogP contribution >= 0.6 is 11.6 Å². The molecule has 5 rings (SSSR count). The van der Waals surface area contributed by atoms with E-state index in [0.717, 1.165) is 64.8 Å². The average Bonchev–Trinajstić information content (AvgIpc) is 2.89. The van der Waals surface area contributed by atoms with E-state index in [9.17, 15) is 9.18 Å². The Kier molecular flexibility index (Phi) is 6.95. The monoisotopic (exact) mass is 519 g/mol. The third-order valence-electron chi connectivity index (χ3n) is 6.66. The number of aryl methyl sites for hydroxylation is 1. The molecule has 3 heterocycles. The van der Waals surface area contributed by atoms with Gasteiger partial charge in [-0.15, -0.1) is 0 Å². The van der Waals surface area contributed by atoms with Gasteiger partial charge < -0.3 is 15.4 Å². The van der Waals surface area contributed by atoms with Crippen molar-refractivity contribution in [2.45, 2.75) is 25.8 Å². The number of carbonyl (C=O) groups excluding carboxylic acids is 1. The molecule has 0 bridgehead atoms. The maximum absolute atomic E-state index is 14.4. The highest BCUT2D eigenvalue weighted by molar-refractivity contribution is 6.36. The number of halogens is 2. The van der Waals surface area contributed by atoms with Gasteiger partial charge in [0.2, 0.25) is 0 Å². The fourth-order valence-corrected chi connectivity index (χ4v) is 5.06. The highest BCUT2D eigenvalue weighted by Gasteiger charge is 2.23. The Labute approximate surface area is 219 Å². The quantitative estimate of drug-likeness (QED) is 0.335. The molecule has 2 aromatic carbocycles. The number of aromatic nitrogens is 2. The van der Waals surface area contributed by atoms with E-state index in [1.54, 1.807) is 12.3 Å². The smallest absolute Gasteiger partial charge is 0.411 e. The van der Waals surface area contributed by atoms with Crippen molar-refractivity contribution < 1.29 is 13.9 Å². The van der Waals surface area contributed by atoms with Gasteiger partial charge in [-0.1, -0.05) is 23.7 Å². The molecule has 1 aliphatic heterocycles. The standard InChI is InChI=1S/C28H27ClFN5O2/c1-16-9-18(11-19(30)10-16)23-14-33-24-4-3-17(12-21(24)27(23)35-7-5-20(31)6-8-35)22-13-32-15-25(26(22)29)34-28(36)37-2/h3-4,9-15,20H,5-8,31H2,1-2H3,(H,34,36). The van der Waals surface area contributed by atoms with Crippen LogP contribution in [0.3, 0.4) is 0 Å². The third-order valence-corrected chi connectivity index (χ3v) is 7.07. The van der Waals surface area contributed by atoms with E-state index in [-0.39, 0.29) is 11.9 Å². The summed E-state index contributed by atoms with van der Waals surface area (Å²) < 4.78 is 19.1. The summed E-state index contributed by atoms with van der Waals surface area (Å²) in [6.45, 7) is 3.45. The van der Waals surface area contributed by atoms with Crippen LogP contribution in [0.4, 0.5) is 20.6 Å². The average molecular weight is 520 g/mol. The van der Waals surface area contributed by atoms with Crippen LogP contribution in [0.15, 0.2) is 55.0 Å². The van der Waals surface area contributed by atoms with Crippen LogP contribution in [0.5, 0.6) is 0 Å². The lowest BCUT2D eigenvalue weighted by atomic mass is 9.96. The van der Waals surface area contributed by atoms with Crippen molar-refractivity contribution in [2.75, 3.05) is 30.4 Å². The summed E-state index contributed by atoms with van der Waals surface area (Å²) in [6.07, 6.45) is 6.03. The predicted octanol–water partition coefficient (Wildman–Crippen LogP) is 6.17. The second-order valence-electron chi connectivity index (χ2n) is 9.26. The summed E-state index contributed by atoms with van der Waals surface area (Å²) in [5.41, 5.74) is 12.3. The first-order valence-corrected chi connectivity index (χ1v) is 12.4. The Hall–Kier alpha value is -3.75. The van der Waals surface area contributed by atoms with Gasteiger partial charge in [-0.3, -0.25) is 15.3 Å². The first-order valence-electron chi connectivity index (χ1n) is 12.0. The normalized spacial score (nSPS) is 14.1. The highest BCUT2D eigenvalue weighted by Crippen LogP contribution is 2.41. The molecule has 1 saturated heterocycles. The second kappa shape index (κ2) is 10.3. The third kappa shape index (κ3) is 5.08. The maximum atomic E-state index is 14.4. The van der Waals surface area contributed by atoms with Gasteiger partial charge in [0, 0.05) is 48.0 Å². The summed E-state index contributed by atoms with van der Waals surface area (Å²) in [4.78, 5) is 23.0. The number of nitrogens with zero attached hydrogens (tertiary/aromatic N) is 3. The second-order valence-corrected chi connectivity index (χ2v) is 9.64. The van der Waals surface area contributed by atoms with Gasteiger partial charge in [0.25, 0.3) is 0 Å². The molecular formula is C28H27ClFN5O2. The number of hydrogen-bond acceptors (Lipinski definition) is 6. The van der Waals surface area contributed by atoms with E-state index in [4.69, 9.17) is 22.3 Å². The number of anilines is 2. The van der Waals surface area contributed by atoms with Gasteiger partial charge in [-0.25, -0.2) is 9.18 Å². The first-order chi connectivity index (χ1) is 17.8. The molecule has 4 aromatic rings. The summed E-state index contributed by atoms with van der Waals surface area (Å²) in [5.74, 6) is -0.289. The summed E-state index contributed by atoms with van der Waals surface area (Å²) in [7, 11) is 1.28. The Morgan fingerprint density at radius 2 is 1.89 bits per heavy atom. The first kappa shape index (κ1) is 24.9. The van der Waals surface area contributed by atoms with E-state index in [0.29, 0.717) is 16.3 Å². The Morgan fingerprint density at radius 1 is 1.11 bits per heavy atom. The topological polar surface area (TPSA) is 93.4 Å². The number of pyridine rings is 2. The minimum absolute atomic E-state index is 0.162. The molecule has 0 spiro atoms. The SMILES string of the molecule is COC(=O)Nc1cncc(-c2ccc3ncc(-c4cc(C)cc(F)c4)c(N4CCC(N)CC4)c3c2)c1Cl. The molecule has 0 unspecified atom stereocenters. The number of fused-ring (bicyclic) bond motifs is 1. The highest BCUT2D eigenvalue weighted by atomic mass is 35.5. The zero-order chi connectivity index (χ0) is 26.1.